The highest BCUT2D eigenvalue weighted by Gasteiger charge is 2.20. The van der Waals surface area contributed by atoms with Gasteiger partial charge in [0, 0.05) is 21.5 Å². The summed E-state index contributed by atoms with van der Waals surface area (Å²) in [4.78, 5) is 24.3. The van der Waals surface area contributed by atoms with Crippen LogP contribution < -0.4 is 9.47 Å². The van der Waals surface area contributed by atoms with Gasteiger partial charge in [-0.25, -0.2) is 9.59 Å². The van der Waals surface area contributed by atoms with Crippen molar-refractivity contribution in [3.05, 3.63) is 73.3 Å². The van der Waals surface area contributed by atoms with Gasteiger partial charge in [-0.3, -0.25) is 0 Å². The highest BCUT2D eigenvalue weighted by Crippen LogP contribution is 2.44. The van der Waals surface area contributed by atoms with E-state index in [1.165, 1.54) is 12.2 Å². The summed E-state index contributed by atoms with van der Waals surface area (Å²) < 4.78 is 22.3. The van der Waals surface area contributed by atoms with Crippen LogP contribution in [0.2, 0.25) is 0 Å². The Labute approximate surface area is 199 Å². The molecule has 6 heteroatoms. The molecule has 6 nitrogen and oxygen atoms in total. The number of esters is 2. The largest absolute Gasteiger partial charge is 0.481 e. The standard InChI is InChI=1S/C28H30O6/c1-4-7-11-20-12-10-15-23-26(20)28(34-19-25(30)32-17-6-3)22-14-9-8-13-21(22)27(23)33-18-24(29)31-16-5-2/h5-6,8-10,12-15H,2-4,7,11,16-19H2,1H3. The number of hydrogen-bond acceptors (Lipinski definition) is 6. The molecule has 0 saturated heterocycles. The predicted molar refractivity (Wildman–Crippen MR) is 133 cm³/mol. The second-order valence-corrected chi connectivity index (χ2v) is 7.67. The second kappa shape index (κ2) is 12.4. The Balaban J connectivity index is 2.12. The Kier molecular flexibility index (Phi) is 9.09. The van der Waals surface area contributed by atoms with E-state index in [1.54, 1.807) is 0 Å². The van der Waals surface area contributed by atoms with Gasteiger partial charge < -0.3 is 18.9 Å². The quantitative estimate of drug-likeness (QED) is 0.188. The van der Waals surface area contributed by atoms with Crippen LogP contribution in [0.15, 0.2) is 67.8 Å². The number of carbonyl (C=O) groups excluding carboxylic acids is 2. The van der Waals surface area contributed by atoms with Crippen molar-refractivity contribution in [1.82, 2.24) is 0 Å². The molecule has 178 valence electrons. The fraction of sp³-hybridized carbons (Fsp3) is 0.286. The third kappa shape index (κ3) is 5.95. The van der Waals surface area contributed by atoms with E-state index < -0.39 is 11.9 Å². The first-order valence-electron chi connectivity index (χ1n) is 11.4. The fourth-order valence-electron chi connectivity index (χ4n) is 3.75. The van der Waals surface area contributed by atoms with E-state index in [1.807, 2.05) is 36.4 Å². The molecule has 3 rings (SSSR count). The van der Waals surface area contributed by atoms with Gasteiger partial charge in [0.1, 0.15) is 24.7 Å². The summed E-state index contributed by atoms with van der Waals surface area (Å²) in [6, 6.07) is 13.6. The first kappa shape index (κ1) is 24.8. The van der Waals surface area contributed by atoms with E-state index in [4.69, 9.17) is 18.9 Å². The number of hydrogen-bond donors (Lipinski definition) is 0. The number of ether oxygens (including phenoxy) is 4. The number of fused-ring (bicyclic) bond motifs is 2. The summed E-state index contributed by atoms with van der Waals surface area (Å²) in [6.45, 7) is 9.03. The summed E-state index contributed by atoms with van der Waals surface area (Å²) in [5.41, 5.74) is 1.08. The molecule has 3 aromatic carbocycles. The number of aryl methyl sites for hydroxylation is 1. The molecular weight excluding hydrogens is 432 g/mol. The lowest BCUT2D eigenvalue weighted by Gasteiger charge is -2.19. The van der Waals surface area contributed by atoms with Crippen LogP contribution in [-0.4, -0.2) is 38.4 Å². The lowest BCUT2D eigenvalue weighted by atomic mass is 9.94. The van der Waals surface area contributed by atoms with Gasteiger partial charge in [-0.2, -0.15) is 0 Å². The smallest absolute Gasteiger partial charge is 0.344 e. The number of unbranched alkanes of at least 4 members (excludes halogenated alkanes) is 1. The molecule has 0 unspecified atom stereocenters. The topological polar surface area (TPSA) is 71.1 Å². The molecule has 0 atom stereocenters. The van der Waals surface area contributed by atoms with Crippen molar-refractivity contribution in [2.75, 3.05) is 26.4 Å². The Morgan fingerprint density at radius 1 is 0.794 bits per heavy atom. The highest BCUT2D eigenvalue weighted by molar-refractivity contribution is 6.12. The average molecular weight is 463 g/mol. The minimum absolute atomic E-state index is 0.125. The molecule has 0 bridgehead atoms. The fourth-order valence-corrected chi connectivity index (χ4v) is 3.75. The van der Waals surface area contributed by atoms with Crippen LogP contribution in [-0.2, 0) is 25.5 Å². The third-order valence-corrected chi connectivity index (χ3v) is 5.23. The first-order valence-corrected chi connectivity index (χ1v) is 11.4. The van der Waals surface area contributed by atoms with E-state index in [2.05, 4.69) is 26.1 Å². The van der Waals surface area contributed by atoms with Crippen LogP contribution in [0.1, 0.15) is 25.3 Å². The van der Waals surface area contributed by atoms with Gasteiger partial charge in [0.25, 0.3) is 0 Å². The maximum Gasteiger partial charge on any atom is 0.344 e. The molecule has 0 saturated carbocycles. The van der Waals surface area contributed by atoms with E-state index in [-0.39, 0.29) is 26.4 Å². The molecule has 0 spiro atoms. The van der Waals surface area contributed by atoms with E-state index in [0.29, 0.717) is 11.5 Å². The lowest BCUT2D eigenvalue weighted by Crippen LogP contribution is -2.16. The van der Waals surface area contributed by atoms with Crippen LogP contribution in [0, 0.1) is 0 Å². The zero-order valence-corrected chi connectivity index (χ0v) is 19.5. The second-order valence-electron chi connectivity index (χ2n) is 7.67. The van der Waals surface area contributed by atoms with Gasteiger partial charge >= 0.3 is 11.9 Å². The SMILES string of the molecule is C=CCOC(=O)COc1c2ccccc2c(OCC(=O)OCC=C)c2c(CCCC)cccc12. The van der Waals surface area contributed by atoms with Gasteiger partial charge in [0.05, 0.1) is 0 Å². The van der Waals surface area contributed by atoms with Crippen molar-refractivity contribution in [3.63, 3.8) is 0 Å². The number of rotatable bonds is 13. The van der Waals surface area contributed by atoms with Crippen molar-refractivity contribution in [2.45, 2.75) is 26.2 Å². The van der Waals surface area contributed by atoms with Crippen LogP contribution in [0.5, 0.6) is 11.5 Å². The summed E-state index contributed by atoms with van der Waals surface area (Å²) in [5, 5.41) is 3.22. The maximum atomic E-state index is 12.2. The van der Waals surface area contributed by atoms with Crippen LogP contribution >= 0.6 is 0 Å². The summed E-state index contributed by atoms with van der Waals surface area (Å²) >= 11 is 0. The molecule has 0 amide bonds. The van der Waals surface area contributed by atoms with Gasteiger partial charge in [-0.15, -0.1) is 0 Å². The van der Waals surface area contributed by atoms with Crippen molar-refractivity contribution in [1.29, 1.82) is 0 Å². The van der Waals surface area contributed by atoms with Crippen LogP contribution in [0.25, 0.3) is 21.5 Å². The van der Waals surface area contributed by atoms with Crippen LogP contribution in [0.3, 0.4) is 0 Å². The van der Waals surface area contributed by atoms with Crippen LogP contribution in [0.4, 0.5) is 0 Å². The van der Waals surface area contributed by atoms with Gasteiger partial charge in [-0.05, 0) is 18.4 Å². The Bertz CT molecular complexity index is 1180. The minimum atomic E-state index is -0.482. The minimum Gasteiger partial charge on any atom is -0.481 e. The monoisotopic (exact) mass is 462 g/mol. The molecule has 0 heterocycles. The molecule has 0 fully saturated rings. The third-order valence-electron chi connectivity index (χ3n) is 5.23. The highest BCUT2D eigenvalue weighted by atomic mass is 16.6. The first-order chi connectivity index (χ1) is 16.6. The number of carbonyl (C=O) groups is 2. The molecule has 0 aliphatic carbocycles. The van der Waals surface area contributed by atoms with E-state index >= 15 is 0 Å². The molecule has 0 aliphatic heterocycles. The summed E-state index contributed by atoms with van der Waals surface area (Å²) in [6.07, 6.45) is 5.89. The van der Waals surface area contributed by atoms with Crippen molar-refractivity contribution < 1.29 is 28.5 Å². The molecule has 0 radical (unpaired) electrons. The zero-order chi connectivity index (χ0) is 24.3. The van der Waals surface area contributed by atoms with Gasteiger partial charge in [-0.1, -0.05) is 81.1 Å². The Morgan fingerprint density at radius 2 is 1.35 bits per heavy atom. The van der Waals surface area contributed by atoms with E-state index in [0.717, 1.165) is 46.4 Å². The van der Waals surface area contributed by atoms with Gasteiger partial charge in [0.2, 0.25) is 0 Å². The molecule has 34 heavy (non-hydrogen) atoms. The predicted octanol–water partition coefficient (Wildman–Crippen LogP) is 5.55. The summed E-state index contributed by atoms with van der Waals surface area (Å²) in [7, 11) is 0. The van der Waals surface area contributed by atoms with E-state index in [9.17, 15) is 9.59 Å². The Morgan fingerprint density at radius 3 is 1.94 bits per heavy atom. The molecule has 0 N–H and O–H groups in total. The molecule has 0 aliphatic rings. The Hall–Kier alpha value is -3.80. The normalized spacial score (nSPS) is 10.6. The lowest BCUT2D eigenvalue weighted by molar-refractivity contribution is -0.145. The molecule has 0 aromatic heterocycles. The average Bonchev–Trinajstić information content (AvgIpc) is 2.86. The number of benzene rings is 3. The van der Waals surface area contributed by atoms with Crippen molar-refractivity contribution in [2.24, 2.45) is 0 Å². The van der Waals surface area contributed by atoms with Gasteiger partial charge in [0.15, 0.2) is 13.2 Å². The molecule has 3 aromatic rings. The summed E-state index contributed by atoms with van der Waals surface area (Å²) in [5.74, 6) is 0.202. The molecular formula is C28H30O6. The van der Waals surface area contributed by atoms with Crippen molar-refractivity contribution in [3.8, 4) is 11.5 Å². The zero-order valence-electron chi connectivity index (χ0n) is 19.5. The van der Waals surface area contributed by atoms with Crippen molar-refractivity contribution >= 4 is 33.5 Å². The maximum absolute atomic E-state index is 12.2.